The van der Waals surface area contributed by atoms with Crippen molar-refractivity contribution in [3.05, 3.63) is 64.7 Å². The van der Waals surface area contributed by atoms with Gasteiger partial charge in [0.15, 0.2) is 0 Å². The van der Waals surface area contributed by atoms with E-state index in [0.29, 0.717) is 9.92 Å². The molecule has 0 aliphatic heterocycles. The monoisotopic (exact) mass is 295 g/mol. The van der Waals surface area contributed by atoms with E-state index in [2.05, 4.69) is 4.72 Å². The third kappa shape index (κ3) is 3.56. The minimum atomic E-state index is -3.50. The van der Waals surface area contributed by atoms with Crippen LogP contribution in [0.15, 0.2) is 53.4 Å². The summed E-state index contributed by atoms with van der Waals surface area (Å²) in [6.07, 6.45) is 0. The van der Waals surface area contributed by atoms with E-state index in [1.165, 1.54) is 0 Å². The molecule has 0 aromatic heterocycles. The van der Waals surface area contributed by atoms with E-state index >= 15 is 0 Å². The fourth-order valence-electron chi connectivity index (χ4n) is 1.76. The summed E-state index contributed by atoms with van der Waals surface area (Å²) in [6.45, 7) is 1.99. The van der Waals surface area contributed by atoms with Gasteiger partial charge in [-0.05, 0) is 36.2 Å². The molecule has 5 heteroatoms. The zero-order chi connectivity index (χ0) is 13.9. The summed E-state index contributed by atoms with van der Waals surface area (Å²) in [4.78, 5) is 0.303. The first-order valence-corrected chi connectivity index (χ1v) is 7.65. The molecule has 0 amide bonds. The molecule has 0 unspecified atom stereocenters. The maximum atomic E-state index is 12.2. The number of benzene rings is 2. The van der Waals surface area contributed by atoms with Crippen LogP contribution in [0.4, 0.5) is 0 Å². The van der Waals surface area contributed by atoms with Gasteiger partial charge in [-0.3, -0.25) is 0 Å². The van der Waals surface area contributed by atoms with Gasteiger partial charge in [0.25, 0.3) is 0 Å². The van der Waals surface area contributed by atoms with E-state index in [4.69, 9.17) is 11.6 Å². The molecule has 100 valence electrons. The average molecular weight is 296 g/mol. The van der Waals surface area contributed by atoms with Crippen LogP contribution in [-0.2, 0) is 16.6 Å². The summed E-state index contributed by atoms with van der Waals surface area (Å²) in [5.41, 5.74) is 1.55. The van der Waals surface area contributed by atoms with Crippen molar-refractivity contribution >= 4 is 21.6 Å². The minimum absolute atomic E-state index is 0.219. The largest absolute Gasteiger partial charge is 0.241 e. The quantitative estimate of drug-likeness (QED) is 0.942. The smallest absolute Gasteiger partial charge is 0.207 e. The Morgan fingerprint density at radius 2 is 1.84 bits per heavy atom. The van der Waals surface area contributed by atoms with Gasteiger partial charge in [-0.2, -0.15) is 0 Å². The molecule has 0 atom stereocenters. The van der Waals surface area contributed by atoms with Crippen molar-refractivity contribution in [1.29, 1.82) is 0 Å². The minimum Gasteiger partial charge on any atom is -0.207 e. The fourth-order valence-corrected chi connectivity index (χ4v) is 3.24. The Bertz CT molecular complexity index is 683. The third-order valence-corrected chi connectivity index (χ3v) is 4.54. The first-order chi connectivity index (χ1) is 8.99. The van der Waals surface area contributed by atoms with Crippen LogP contribution in [0.5, 0.6) is 0 Å². The van der Waals surface area contributed by atoms with Crippen LogP contribution >= 0.6 is 11.6 Å². The zero-order valence-corrected chi connectivity index (χ0v) is 12.0. The van der Waals surface area contributed by atoms with Crippen LogP contribution in [0.1, 0.15) is 11.1 Å². The van der Waals surface area contributed by atoms with Crippen LogP contribution in [0.2, 0.25) is 5.02 Å². The van der Waals surface area contributed by atoms with Crippen LogP contribution in [0.25, 0.3) is 0 Å². The number of halogens is 1. The van der Waals surface area contributed by atoms with E-state index in [1.54, 1.807) is 43.3 Å². The molecule has 3 nitrogen and oxygen atoms in total. The van der Waals surface area contributed by atoms with E-state index < -0.39 is 10.0 Å². The second-order valence-corrected chi connectivity index (χ2v) is 6.39. The summed E-state index contributed by atoms with van der Waals surface area (Å²) in [5, 5.41) is 0.590. The highest BCUT2D eigenvalue weighted by Gasteiger charge is 2.15. The second kappa shape index (κ2) is 5.74. The average Bonchev–Trinajstić information content (AvgIpc) is 2.37. The molecule has 0 spiro atoms. The number of rotatable bonds is 4. The molecule has 0 aliphatic carbocycles. The molecule has 2 rings (SSSR count). The predicted molar refractivity (Wildman–Crippen MR) is 76.7 cm³/mol. The Labute approximate surface area is 118 Å². The van der Waals surface area contributed by atoms with E-state index in [1.807, 2.05) is 12.1 Å². The first kappa shape index (κ1) is 14.1. The van der Waals surface area contributed by atoms with Crippen LogP contribution < -0.4 is 4.72 Å². The lowest BCUT2D eigenvalue weighted by Crippen LogP contribution is -2.23. The Balaban J connectivity index is 2.17. The Hall–Kier alpha value is -1.36. The number of hydrogen-bond acceptors (Lipinski definition) is 2. The Morgan fingerprint density at radius 3 is 2.53 bits per heavy atom. The highest BCUT2D eigenvalue weighted by Crippen LogP contribution is 2.15. The molecule has 2 aromatic rings. The number of nitrogens with one attached hydrogen (secondary N) is 1. The van der Waals surface area contributed by atoms with Crippen molar-refractivity contribution in [3.8, 4) is 0 Å². The van der Waals surface area contributed by atoms with Crippen LogP contribution in [0.3, 0.4) is 0 Å². The first-order valence-electron chi connectivity index (χ1n) is 5.79. The van der Waals surface area contributed by atoms with Crippen molar-refractivity contribution in [2.75, 3.05) is 0 Å². The van der Waals surface area contributed by atoms with E-state index in [-0.39, 0.29) is 6.54 Å². The second-order valence-electron chi connectivity index (χ2n) is 4.22. The summed E-state index contributed by atoms with van der Waals surface area (Å²) >= 11 is 5.86. The SMILES string of the molecule is Cc1ccccc1S(=O)(=O)NCc1cccc(Cl)c1. The predicted octanol–water partition coefficient (Wildman–Crippen LogP) is 3.13. The lowest BCUT2D eigenvalue weighted by molar-refractivity contribution is 0.580. The van der Waals surface area contributed by atoms with Gasteiger partial charge < -0.3 is 0 Å². The summed E-state index contributed by atoms with van der Waals surface area (Å²) in [7, 11) is -3.50. The molecule has 0 saturated heterocycles. The summed E-state index contributed by atoms with van der Waals surface area (Å²) < 4.78 is 26.9. The van der Waals surface area contributed by atoms with Crippen molar-refractivity contribution in [1.82, 2.24) is 4.72 Å². The lowest BCUT2D eigenvalue weighted by Gasteiger charge is -2.09. The van der Waals surface area contributed by atoms with E-state index in [9.17, 15) is 8.42 Å². The van der Waals surface area contributed by atoms with Gasteiger partial charge in [-0.25, -0.2) is 13.1 Å². The zero-order valence-electron chi connectivity index (χ0n) is 10.4. The molecule has 0 saturated carbocycles. The molecule has 0 bridgehead atoms. The standard InChI is InChI=1S/C14H14ClNO2S/c1-11-5-2-3-8-14(11)19(17,18)16-10-12-6-4-7-13(15)9-12/h2-9,16H,10H2,1H3. The topological polar surface area (TPSA) is 46.2 Å². The molecule has 19 heavy (non-hydrogen) atoms. The highest BCUT2D eigenvalue weighted by molar-refractivity contribution is 7.89. The van der Waals surface area contributed by atoms with Gasteiger partial charge in [0, 0.05) is 11.6 Å². The molecular weight excluding hydrogens is 282 g/mol. The van der Waals surface area contributed by atoms with Gasteiger partial charge in [-0.1, -0.05) is 41.9 Å². The highest BCUT2D eigenvalue weighted by atomic mass is 35.5. The fraction of sp³-hybridized carbons (Fsp3) is 0.143. The van der Waals surface area contributed by atoms with Crippen molar-refractivity contribution < 1.29 is 8.42 Å². The third-order valence-electron chi connectivity index (χ3n) is 2.74. The Kier molecular flexibility index (Phi) is 4.24. The molecule has 0 heterocycles. The molecule has 2 aromatic carbocycles. The molecule has 1 N–H and O–H groups in total. The van der Waals surface area contributed by atoms with Gasteiger partial charge >= 0.3 is 0 Å². The van der Waals surface area contributed by atoms with E-state index in [0.717, 1.165) is 11.1 Å². The summed E-state index contributed by atoms with van der Waals surface area (Å²) in [5.74, 6) is 0. The normalized spacial score (nSPS) is 11.5. The molecule has 0 fully saturated rings. The van der Waals surface area contributed by atoms with Crippen molar-refractivity contribution in [2.24, 2.45) is 0 Å². The maximum Gasteiger partial charge on any atom is 0.241 e. The molecule has 0 aliphatic rings. The number of aryl methyl sites for hydroxylation is 1. The molecule has 0 radical (unpaired) electrons. The van der Waals surface area contributed by atoms with Crippen LogP contribution in [-0.4, -0.2) is 8.42 Å². The number of sulfonamides is 1. The van der Waals surface area contributed by atoms with Crippen LogP contribution in [0, 0.1) is 6.92 Å². The van der Waals surface area contributed by atoms with Gasteiger partial charge in [0.1, 0.15) is 0 Å². The van der Waals surface area contributed by atoms with Crippen molar-refractivity contribution in [2.45, 2.75) is 18.4 Å². The van der Waals surface area contributed by atoms with Gasteiger partial charge in [0.2, 0.25) is 10.0 Å². The number of hydrogen-bond donors (Lipinski definition) is 1. The van der Waals surface area contributed by atoms with Gasteiger partial charge in [0.05, 0.1) is 4.90 Å². The Morgan fingerprint density at radius 1 is 1.11 bits per heavy atom. The van der Waals surface area contributed by atoms with Crippen molar-refractivity contribution in [3.63, 3.8) is 0 Å². The molecular formula is C14H14ClNO2S. The lowest BCUT2D eigenvalue weighted by atomic mass is 10.2. The maximum absolute atomic E-state index is 12.2. The van der Waals surface area contributed by atoms with Gasteiger partial charge in [-0.15, -0.1) is 0 Å². The summed E-state index contributed by atoms with van der Waals surface area (Å²) in [6, 6.07) is 14.0.